The summed E-state index contributed by atoms with van der Waals surface area (Å²) in [4.78, 5) is 14.5. The minimum Gasteiger partial charge on any atom is -0.465 e. The van der Waals surface area contributed by atoms with E-state index in [2.05, 4.69) is 17.1 Å². The minimum absolute atomic E-state index is 0.122. The molecule has 2 unspecified atom stereocenters. The molecule has 0 aromatic heterocycles. The second-order valence-electron chi connectivity index (χ2n) is 5.77. The fourth-order valence-corrected chi connectivity index (χ4v) is 2.66. The number of rotatable bonds is 8. The molecule has 1 fully saturated rings. The highest BCUT2D eigenvalue weighted by Gasteiger charge is 2.44. The molecular weight excluding hydrogens is 256 g/mol. The summed E-state index contributed by atoms with van der Waals surface area (Å²) >= 11 is 0. The van der Waals surface area contributed by atoms with E-state index in [-0.39, 0.29) is 12.1 Å². The highest BCUT2D eigenvalue weighted by atomic mass is 16.5. The molecule has 1 heterocycles. The third-order valence-corrected chi connectivity index (χ3v) is 3.76. The van der Waals surface area contributed by atoms with Crippen molar-refractivity contribution in [2.24, 2.45) is 0 Å². The zero-order chi connectivity index (χ0) is 15.0. The third-order valence-electron chi connectivity index (χ3n) is 3.76. The van der Waals surface area contributed by atoms with Crippen LogP contribution in [-0.4, -0.2) is 62.9 Å². The van der Waals surface area contributed by atoms with Crippen LogP contribution in [0.3, 0.4) is 0 Å². The first kappa shape index (κ1) is 17.4. The summed E-state index contributed by atoms with van der Waals surface area (Å²) in [7, 11) is 4.06. The topological polar surface area (TPSA) is 50.8 Å². The molecule has 1 rings (SSSR count). The Morgan fingerprint density at radius 1 is 1.45 bits per heavy atom. The van der Waals surface area contributed by atoms with Crippen molar-refractivity contribution in [3.05, 3.63) is 0 Å². The number of esters is 1. The third kappa shape index (κ3) is 5.04. The van der Waals surface area contributed by atoms with Crippen LogP contribution in [-0.2, 0) is 14.3 Å². The normalized spacial score (nSPS) is 26.8. The maximum absolute atomic E-state index is 12.4. The van der Waals surface area contributed by atoms with Gasteiger partial charge in [0.2, 0.25) is 0 Å². The van der Waals surface area contributed by atoms with E-state index in [4.69, 9.17) is 9.47 Å². The Hall–Kier alpha value is -0.650. The van der Waals surface area contributed by atoms with Gasteiger partial charge in [-0.15, -0.1) is 0 Å². The largest absolute Gasteiger partial charge is 0.465 e. The van der Waals surface area contributed by atoms with Crippen molar-refractivity contribution >= 4 is 5.97 Å². The van der Waals surface area contributed by atoms with Gasteiger partial charge in [-0.25, -0.2) is 0 Å². The van der Waals surface area contributed by atoms with E-state index in [0.717, 1.165) is 25.9 Å². The number of ether oxygens (including phenoxy) is 2. The van der Waals surface area contributed by atoms with Gasteiger partial charge in [0.15, 0.2) is 0 Å². The van der Waals surface area contributed by atoms with Crippen LogP contribution in [0.5, 0.6) is 0 Å². The van der Waals surface area contributed by atoms with E-state index in [9.17, 15) is 4.79 Å². The monoisotopic (exact) mass is 286 g/mol. The van der Waals surface area contributed by atoms with Crippen LogP contribution in [0, 0.1) is 0 Å². The molecule has 5 heteroatoms. The van der Waals surface area contributed by atoms with Gasteiger partial charge < -0.3 is 19.7 Å². The Balaban J connectivity index is 2.69. The Kier molecular flexibility index (Phi) is 7.48. The maximum Gasteiger partial charge on any atom is 0.326 e. The first-order valence-corrected chi connectivity index (χ1v) is 7.72. The summed E-state index contributed by atoms with van der Waals surface area (Å²) in [6.07, 6.45) is 3.63. The number of carbonyl (C=O) groups is 1. The van der Waals surface area contributed by atoms with Crippen molar-refractivity contribution in [2.75, 3.05) is 40.4 Å². The lowest BCUT2D eigenvalue weighted by atomic mass is 9.85. The summed E-state index contributed by atoms with van der Waals surface area (Å²) in [5.41, 5.74) is -0.565. The lowest BCUT2D eigenvalue weighted by Crippen LogP contribution is -2.59. The van der Waals surface area contributed by atoms with Crippen molar-refractivity contribution in [1.82, 2.24) is 10.2 Å². The first-order chi connectivity index (χ1) is 9.54. The van der Waals surface area contributed by atoms with Crippen LogP contribution in [0.2, 0.25) is 0 Å². The van der Waals surface area contributed by atoms with Crippen molar-refractivity contribution < 1.29 is 14.3 Å². The standard InChI is InChI=1S/C15H30N2O3/c1-5-7-13-12-15(8-11-20-13,14(18)19-6-2)16-9-10-17(3)4/h13,16H,5-12H2,1-4H3. The van der Waals surface area contributed by atoms with Crippen LogP contribution in [0.4, 0.5) is 0 Å². The molecular formula is C15H30N2O3. The van der Waals surface area contributed by atoms with Crippen molar-refractivity contribution in [2.45, 2.75) is 51.2 Å². The fraction of sp³-hybridized carbons (Fsp3) is 0.933. The Morgan fingerprint density at radius 2 is 2.20 bits per heavy atom. The summed E-state index contributed by atoms with van der Waals surface area (Å²) in [5.74, 6) is -0.122. The van der Waals surface area contributed by atoms with Gasteiger partial charge in [0.25, 0.3) is 0 Å². The molecule has 1 aliphatic rings. The average Bonchev–Trinajstić information content (AvgIpc) is 2.39. The Labute approximate surface area is 123 Å². The zero-order valence-corrected chi connectivity index (χ0v) is 13.4. The quantitative estimate of drug-likeness (QED) is 0.684. The van der Waals surface area contributed by atoms with Gasteiger partial charge in [0.1, 0.15) is 5.54 Å². The SMILES string of the molecule is CCCC1CC(NCCN(C)C)(C(=O)OCC)CCO1. The molecule has 0 spiro atoms. The van der Waals surface area contributed by atoms with E-state index in [1.54, 1.807) is 0 Å². The average molecular weight is 286 g/mol. The van der Waals surface area contributed by atoms with Crippen LogP contribution in [0.25, 0.3) is 0 Å². The van der Waals surface area contributed by atoms with Gasteiger partial charge in [-0.3, -0.25) is 4.79 Å². The van der Waals surface area contributed by atoms with Gasteiger partial charge >= 0.3 is 5.97 Å². The van der Waals surface area contributed by atoms with Gasteiger partial charge in [-0.05, 0) is 33.9 Å². The van der Waals surface area contributed by atoms with E-state index in [1.165, 1.54) is 0 Å². The zero-order valence-electron chi connectivity index (χ0n) is 13.4. The number of likely N-dealkylation sites (N-methyl/N-ethyl adjacent to an activating group) is 1. The van der Waals surface area contributed by atoms with Crippen LogP contribution >= 0.6 is 0 Å². The molecule has 0 saturated carbocycles. The molecule has 20 heavy (non-hydrogen) atoms. The van der Waals surface area contributed by atoms with Crippen molar-refractivity contribution in [3.8, 4) is 0 Å². The van der Waals surface area contributed by atoms with E-state index in [0.29, 0.717) is 26.1 Å². The lowest BCUT2D eigenvalue weighted by molar-refractivity contribution is -0.158. The molecule has 0 amide bonds. The van der Waals surface area contributed by atoms with Crippen molar-refractivity contribution in [1.29, 1.82) is 0 Å². The number of hydrogen-bond donors (Lipinski definition) is 1. The van der Waals surface area contributed by atoms with Crippen LogP contribution in [0.15, 0.2) is 0 Å². The van der Waals surface area contributed by atoms with E-state index in [1.807, 2.05) is 21.0 Å². The molecule has 2 atom stereocenters. The van der Waals surface area contributed by atoms with Gasteiger partial charge in [-0.2, -0.15) is 0 Å². The molecule has 5 nitrogen and oxygen atoms in total. The number of nitrogens with zero attached hydrogens (tertiary/aromatic N) is 1. The first-order valence-electron chi connectivity index (χ1n) is 7.72. The maximum atomic E-state index is 12.4. The van der Waals surface area contributed by atoms with E-state index >= 15 is 0 Å². The van der Waals surface area contributed by atoms with Crippen LogP contribution in [0.1, 0.15) is 39.5 Å². The Morgan fingerprint density at radius 3 is 2.80 bits per heavy atom. The molecule has 0 aliphatic carbocycles. The summed E-state index contributed by atoms with van der Waals surface area (Å²) in [5, 5.41) is 3.44. The summed E-state index contributed by atoms with van der Waals surface area (Å²) < 4.78 is 11.1. The lowest BCUT2D eigenvalue weighted by Gasteiger charge is -2.39. The van der Waals surface area contributed by atoms with Crippen molar-refractivity contribution in [3.63, 3.8) is 0 Å². The van der Waals surface area contributed by atoms with E-state index < -0.39 is 5.54 Å². The smallest absolute Gasteiger partial charge is 0.326 e. The van der Waals surface area contributed by atoms with Gasteiger partial charge in [0.05, 0.1) is 12.7 Å². The molecule has 0 aromatic carbocycles. The minimum atomic E-state index is -0.565. The molecule has 1 N–H and O–H groups in total. The summed E-state index contributed by atoms with van der Waals surface area (Å²) in [6, 6.07) is 0. The number of carbonyl (C=O) groups excluding carboxylic acids is 1. The second-order valence-corrected chi connectivity index (χ2v) is 5.77. The molecule has 0 radical (unpaired) electrons. The Bertz CT molecular complexity index is 295. The highest BCUT2D eigenvalue weighted by molar-refractivity contribution is 5.81. The second kappa shape index (κ2) is 8.60. The molecule has 0 aromatic rings. The molecule has 118 valence electrons. The van der Waals surface area contributed by atoms with Gasteiger partial charge in [-0.1, -0.05) is 13.3 Å². The number of hydrogen-bond acceptors (Lipinski definition) is 5. The summed E-state index contributed by atoms with van der Waals surface area (Å²) in [6.45, 7) is 6.73. The number of nitrogens with one attached hydrogen (secondary N) is 1. The molecule has 1 aliphatic heterocycles. The highest BCUT2D eigenvalue weighted by Crippen LogP contribution is 2.28. The molecule has 0 bridgehead atoms. The molecule has 1 saturated heterocycles. The van der Waals surface area contributed by atoms with Gasteiger partial charge in [0, 0.05) is 26.1 Å². The van der Waals surface area contributed by atoms with Crippen LogP contribution < -0.4 is 5.32 Å². The fourth-order valence-electron chi connectivity index (χ4n) is 2.66. The predicted molar refractivity (Wildman–Crippen MR) is 79.8 cm³/mol. The predicted octanol–water partition coefficient (Wildman–Crippen LogP) is 1.42.